The smallest absolute Gasteiger partial charge is 0.0431 e. The Bertz CT molecular complexity index is 203. The van der Waals surface area contributed by atoms with Gasteiger partial charge in [-0.25, -0.2) is 0 Å². The van der Waals surface area contributed by atoms with Gasteiger partial charge in [-0.2, -0.15) is 0 Å². The van der Waals surface area contributed by atoms with Crippen molar-refractivity contribution in [3.63, 3.8) is 0 Å². The fourth-order valence-corrected chi connectivity index (χ4v) is 3.13. The molecule has 0 spiro atoms. The number of aliphatic hydroxyl groups excluding tert-OH is 1. The molecule has 0 aromatic heterocycles. The highest BCUT2D eigenvalue weighted by atomic mass is 16.2. The van der Waals surface area contributed by atoms with Crippen LogP contribution in [0, 0.1) is 11.3 Å². The lowest BCUT2D eigenvalue weighted by Crippen LogP contribution is -2.42. The fourth-order valence-electron chi connectivity index (χ4n) is 3.13. The van der Waals surface area contributed by atoms with Crippen LogP contribution < -0.4 is 5.32 Å². The van der Waals surface area contributed by atoms with Gasteiger partial charge >= 0.3 is 0 Å². The lowest BCUT2D eigenvalue weighted by molar-refractivity contribution is 0.149. The molecular weight excluding hydrogens is 210 g/mol. The van der Waals surface area contributed by atoms with E-state index in [2.05, 4.69) is 26.1 Å². The maximum absolute atomic E-state index is 8.69. The Morgan fingerprint density at radius 1 is 1.18 bits per heavy atom. The van der Waals surface area contributed by atoms with E-state index < -0.39 is 0 Å². The SMILES string of the molecule is CC1CC(C)(C)CCC1NCCCCCCO. The molecule has 2 atom stereocenters. The van der Waals surface area contributed by atoms with Crippen LogP contribution in [0.4, 0.5) is 0 Å². The van der Waals surface area contributed by atoms with Crippen molar-refractivity contribution in [3.8, 4) is 0 Å². The molecule has 0 heterocycles. The third-order valence-corrected chi connectivity index (χ3v) is 4.18. The molecule has 0 aromatic carbocycles. The zero-order valence-electron chi connectivity index (χ0n) is 12.0. The van der Waals surface area contributed by atoms with Crippen LogP contribution in [-0.4, -0.2) is 24.3 Å². The second-order valence-corrected chi connectivity index (χ2v) is 6.58. The Kier molecular flexibility index (Phi) is 6.50. The molecule has 1 rings (SSSR count). The van der Waals surface area contributed by atoms with Crippen LogP contribution in [0.5, 0.6) is 0 Å². The molecule has 2 nitrogen and oxygen atoms in total. The van der Waals surface area contributed by atoms with E-state index in [1.54, 1.807) is 0 Å². The topological polar surface area (TPSA) is 32.3 Å². The van der Waals surface area contributed by atoms with Crippen molar-refractivity contribution in [3.05, 3.63) is 0 Å². The quantitative estimate of drug-likeness (QED) is 0.670. The average Bonchev–Trinajstić information content (AvgIpc) is 2.25. The molecule has 2 heteroatoms. The number of unbranched alkanes of at least 4 members (excludes halogenated alkanes) is 3. The van der Waals surface area contributed by atoms with Gasteiger partial charge in [-0.3, -0.25) is 0 Å². The average molecular weight is 241 g/mol. The predicted molar refractivity (Wildman–Crippen MR) is 74.1 cm³/mol. The minimum atomic E-state index is 0.349. The normalized spacial score (nSPS) is 28.2. The summed E-state index contributed by atoms with van der Waals surface area (Å²) in [5.74, 6) is 0.816. The minimum Gasteiger partial charge on any atom is -0.396 e. The molecule has 0 amide bonds. The molecule has 17 heavy (non-hydrogen) atoms. The molecule has 1 saturated carbocycles. The molecule has 1 aliphatic carbocycles. The van der Waals surface area contributed by atoms with Gasteiger partial charge in [0, 0.05) is 12.6 Å². The molecule has 0 bridgehead atoms. The van der Waals surface area contributed by atoms with Crippen molar-refractivity contribution in [1.29, 1.82) is 0 Å². The third-order valence-electron chi connectivity index (χ3n) is 4.18. The summed E-state index contributed by atoms with van der Waals surface area (Å²) in [6.07, 6.45) is 8.70. The third kappa shape index (κ3) is 5.87. The number of hydrogen-bond acceptors (Lipinski definition) is 2. The Morgan fingerprint density at radius 3 is 2.53 bits per heavy atom. The summed E-state index contributed by atoms with van der Waals surface area (Å²) in [6.45, 7) is 8.69. The summed E-state index contributed by atoms with van der Waals surface area (Å²) in [7, 11) is 0. The second kappa shape index (κ2) is 7.38. The minimum absolute atomic E-state index is 0.349. The van der Waals surface area contributed by atoms with Gasteiger partial charge in [0.05, 0.1) is 0 Å². The van der Waals surface area contributed by atoms with E-state index in [1.807, 2.05) is 0 Å². The van der Waals surface area contributed by atoms with Crippen LogP contribution in [0.15, 0.2) is 0 Å². The van der Waals surface area contributed by atoms with E-state index >= 15 is 0 Å². The first-order valence-corrected chi connectivity index (χ1v) is 7.39. The molecule has 0 aromatic rings. The van der Waals surface area contributed by atoms with E-state index in [-0.39, 0.29) is 0 Å². The first kappa shape index (κ1) is 15.0. The van der Waals surface area contributed by atoms with Gasteiger partial charge in [-0.1, -0.05) is 33.6 Å². The maximum atomic E-state index is 8.69. The Morgan fingerprint density at radius 2 is 1.88 bits per heavy atom. The van der Waals surface area contributed by atoms with Crippen LogP contribution in [-0.2, 0) is 0 Å². The largest absolute Gasteiger partial charge is 0.396 e. The first-order chi connectivity index (χ1) is 8.05. The molecule has 1 fully saturated rings. The zero-order valence-corrected chi connectivity index (χ0v) is 12.0. The summed E-state index contributed by atoms with van der Waals surface area (Å²) < 4.78 is 0. The van der Waals surface area contributed by atoms with Gasteiger partial charge in [0.15, 0.2) is 0 Å². The Labute approximate surface area is 107 Å². The fraction of sp³-hybridized carbons (Fsp3) is 1.00. The summed E-state index contributed by atoms with van der Waals surface area (Å²) >= 11 is 0. The monoisotopic (exact) mass is 241 g/mol. The molecular formula is C15H31NO. The molecule has 1 aliphatic rings. The standard InChI is InChI=1S/C15H31NO/c1-13-12-15(2,3)9-8-14(13)16-10-6-4-5-7-11-17/h13-14,16-17H,4-12H2,1-3H3. The van der Waals surface area contributed by atoms with Crippen molar-refractivity contribution >= 4 is 0 Å². The van der Waals surface area contributed by atoms with E-state index in [0.717, 1.165) is 24.9 Å². The van der Waals surface area contributed by atoms with Crippen LogP contribution in [0.2, 0.25) is 0 Å². The first-order valence-electron chi connectivity index (χ1n) is 7.39. The Hall–Kier alpha value is -0.0800. The Balaban J connectivity index is 2.08. The van der Waals surface area contributed by atoms with Gasteiger partial charge in [-0.05, 0) is 50.0 Å². The predicted octanol–water partition coefficient (Wildman–Crippen LogP) is 3.34. The lowest BCUT2D eigenvalue weighted by atomic mass is 9.70. The highest BCUT2D eigenvalue weighted by molar-refractivity contribution is 4.86. The number of aliphatic hydroxyl groups is 1. The number of rotatable bonds is 7. The lowest BCUT2D eigenvalue weighted by Gasteiger charge is -2.39. The van der Waals surface area contributed by atoms with Gasteiger partial charge in [0.25, 0.3) is 0 Å². The van der Waals surface area contributed by atoms with Crippen molar-refractivity contribution in [2.75, 3.05) is 13.2 Å². The van der Waals surface area contributed by atoms with Gasteiger partial charge in [-0.15, -0.1) is 0 Å². The van der Waals surface area contributed by atoms with E-state index in [4.69, 9.17) is 5.11 Å². The molecule has 0 radical (unpaired) electrons. The summed E-state index contributed by atoms with van der Waals surface area (Å²) in [4.78, 5) is 0. The second-order valence-electron chi connectivity index (χ2n) is 6.58. The van der Waals surface area contributed by atoms with Crippen LogP contribution in [0.3, 0.4) is 0 Å². The molecule has 2 unspecified atom stereocenters. The van der Waals surface area contributed by atoms with E-state index in [0.29, 0.717) is 12.0 Å². The summed E-state index contributed by atoms with van der Waals surface area (Å²) in [5, 5.41) is 12.4. The van der Waals surface area contributed by atoms with E-state index in [9.17, 15) is 0 Å². The number of nitrogens with one attached hydrogen (secondary N) is 1. The maximum Gasteiger partial charge on any atom is 0.0431 e. The van der Waals surface area contributed by atoms with Crippen molar-refractivity contribution in [2.24, 2.45) is 11.3 Å². The van der Waals surface area contributed by atoms with Gasteiger partial charge < -0.3 is 10.4 Å². The highest BCUT2D eigenvalue weighted by Crippen LogP contribution is 2.38. The highest BCUT2D eigenvalue weighted by Gasteiger charge is 2.31. The molecule has 0 saturated heterocycles. The molecule has 102 valence electrons. The van der Waals surface area contributed by atoms with Crippen LogP contribution in [0.25, 0.3) is 0 Å². The van der Waals surface area contributed by atoms with Crippen LogP contribution >= 0.6 is 0 Å². The summed E-state index contributed by atoms with van der Waals surface area (Å²) in [5.41, 5.74) is 0.554. The van der Waals surface area contributed by atoms with E-state index in [1.165, 1.54) is 38.5 Å². The van der Waals surface area contributed by atoms with Gasteiger partial charge in [0.2, 0.25) is 0 Å². The summed E-state index contributed by atoms with van der Waals surface area (Å²) in [6, 6.07) is 0.737. The van der Waals surface area contributed by atoms with Crippen molar-refractivity contribution < 1.29 is 5.11 Å². The van der Waals surface area contributed by atoms with Gasteiger partial charge in [0.1, 0.15) is 0 Å². The van der Waals surface area contributed by atoms with Crippen molar-refractivity contribution in [1.82, 2.24) is 5.32 Å². The zero-order chi connectivity index (χ0) is 12.7. The molecule has 0 aliphatic heterocycles. The number of hydrogen-bond donors (Lipinski definition) is 2. The van der Waals surface area contributed by atoms with Crippen molar-refractivity contribution in [2.45, 2.75) is 71.8 Å². The van der Waals surface area contributed by atoms with Crippen LogP contribution in [0.1, 0.15) is 65.7 Å². The molecule has 2 N–H and O–H groups in total.